The second-order valence-electron chi connectivity index (χ2n) is 6.46. The summed E-state index contributed by atoms with van der Waals surface area (Å²) in [6.45, 7) is 3.94. The lowest BCUT2D eigenvalue weighted by atomic mass is 10.0. The molecule has 5 nitrogen and oxygen atoms in total. The summed E-state index contributed by atoms with van der Waals surface area (Å²) in [4.78, 5) is 8.82. The van der Waals surface area contributed by atoms with E-state index in [-0.39, 0.29) is 11.2 Å². The van der Waals surface area contributed by atoms with Crippen LogP contribution in [0, 0.1) is 22.6 Å². The minimum absolute atomic E-state index is 0.0926. The average Bonchev–Trinajstić information content (AvgIpc) is 3.34. The van der Waals surface area contributed by atoms with Gasteiger partial charge < -0.3 is 15.5 Å². The Morgan fingerprint density at radius 1 is 1.22 bits per heavy atom. The monoisotopic (exact) mass is 315 g/mol. The number of piperazine rings is 1. The van der Waals surface area contributed by atoms with Gasteiger partial charge in [0, 0.05) is 50.2 Å². The van der Waals surface area contributed by atoms with Gasteiger partial charge in [-0.3, -0.25) is 4.99 Å². The molecule has 1 aromatic carbocycles. The van der Waals surface area contributed by atoms with E-state index in [4.69, 9.17) is 11.0 Å². The second kappa shape index (κ2) is 6.45. The third-order valence-corrected chi connectivity index (χ3v) is 4.78. The number of nitriles is 1. The SMILES string of the molecule is N#CCC1(CN=C(N)N2CCN(c3ccc(F)cc3)CC2)CC1. The van der Waals surface area contributed by atoms with Crippen molar-refractivity contribution in [2.45, 2.75) is 19.3 Å². The molecule has 2 N–H and O–H groups in total. The minimum atomic E-state index is -0.213. The Balaban J connectivity index is 1.52. The molecule has 0 radical (unpaired) electrons. The largest absolute Gasteiger partial charge is 0.370 e. The van der Waals surface area contributed by atoms with Crippen LogP contribution in [0.3, 0.4) is 0 Å². The van der Waals surface area contributed by atoms with Crippen molar-refractivity contribution >= 4 is 11.6 Å². The quantitative estimate of drug-likeness (QED) is 0.681. The number of hydrogen-bond donors (Lipinski definition) is 1. The molecule has 1 aliphatic carbocycles. The Morgan fingerprint density at radius 2 is 1.87 bits per heavy atom. The molecule has 1 aliphatic heterocycles. The van der Waals surface area contributed by atoms with E-state index in [1.54, 1.807) is 12.1 Å². The fourth-order valence-corrected chi connectivity index (χ4v) is 2.93. The summed E-state index contributed by atoms with van der Waals surface area (Å²) in [5.41, 5.74) is 7.24. The first kappa shape index (κ1) is 15.6. The zero-order valence-electron chi connectivity index (χ0n) is 13.2. The van der Waals surface area contributed by atoms with Crippen LogP contribution in [-0.2, 0) is 0 Å². The van der Waals surface area contributed by atoms with Crippen LogP contribution in [0.15, 0.2) is 29.3 Å². The van der Waals surface area contributed by atoms with Crippen LogP contribution < -0.4 is 10.6 Å². The van der Waals surface area contributed by atoms with Crippen molar-refractivity contribution in [3.05, 3.63) is 30.1 Å². The lowest BCUT2D eigenvalue weighted by molar-refractivity contribution is 0.378. The number of nitrogens with two attached hydrogens (primary N) is 1. The number of hydrogen-bond acceptors (Lipinski definition) is 3. The number of benzene rings is 1. The molecule has 1 aromatic rings. The number of rotatable bonds is 4. The van der Waals surface area contributed by atoms with Gasteiger partial charge in [0.1, 0.15) is 5.82 Å². The smallest absolute Gasteiger partial charge is 0.191 e. The zero-order valence-corrected chi connectivity index (χ0v) is 13.2. The summed E-state index contributed by atoms with van der Waals surface area (Å²) < 4.78 is 13.0. The van der Waals surface area contributed by atoms with Gasteiger partial charge in [-0.15, -0.1) is 0 Å². The number of halogens is 1. The van der Waals surface area contributed by atoms with Gasteiger partial charge in [0.25, 0.3) is 0 Å². The zero-order chi connectivity index (χ0) is 16.3. The fourth-order valence-electron chi connectivity index (χ4n) is 2.93. The molecule has 122 valence electrons. The summed E-state index contributed by atoms with van der Waals surface area (Å²) in [5, 5.41) is 8.84. The molecule has 6 heteroatoms. The molecule has 23 heavy (non-hydrogen) atoms. The van der Waals surface area contributed by atoms with Gasteiger partial charge in [0.15, 0.2) is 5.96 Å². The van der Waals surface area contributed by atoms with Gasteiger partial charge in [-0.1, -0.05) is 0 Å². The van der Waals surface area contributed by atoms with Crippen LogP contribution in [0.4, 0.5) is 10.1 Å². The Bertz CT molecular complexity index is 607. The first-order valence-electron chi connectivity index (χ1n) is 8.04. The molecule has 3 rings (SSSR count). The van der Waals surface area contributed by atoms with Crippen molar-refractivity contribution in [1.82, 2.24) is 4.90 Å². The highest BCUT2D eigenvalue weighted by Crippen LogP contribution is 2.48. The third kappa shape index (κ3) is 3.73. The van der Waals surface area contributed by atoms with Gasteiger partial charge in [0.05, 0.1) is 6.07 Å². The van der Waals surface area contributed by atoms with Gasteiger partial charge >= 0.3 is 0 Å². The van der Waals surface area contributed by atoms with Gasteiger partial charge in [-0.2, -0.15) is 5.26 Å². The molecular weight excluding hydrogens is 293 g/mol. The Morgan fingerprint density at radius 3 is 2.43 bits per heavy atom. The Kier molecular flexibility index (Phi) is 4.37. The maximum Gasteiger partial charge on any atom is 0.191 e. The molecule has 0 amide bonds. The highest BCUT2D eigenvalue weighted by atomic mass is 19.1. The van der Waals surface area contributed by atoms with E-state index in [0.29, 0.717) is 18.9 Å². The summed E-state index contributed by atoms with van der Waals surface area (Å²) in [6, 6.07) is 8.83. The Labute approximate surface area is 136 Å². The van der Waals surface area contributed by atoms with Crippen LogP contribution in [-0.4, -0.2) is 43.6 Å². The third-order valence-electron chi connectivity index (χ3n) is 4.78. The van der Waals surface area contributed by atoms with Gasteiger partial charge in [-0.25, -0.2) is 4.39 Å². The maximum absolute atomic E-state index is 13.0. The summed E-state index contributed by atoms with van der Waals surface area (Å²) in [6.07, 6.45) is 2.73. The predicted molar refractivity (Wildman–Crippen MR) is 88.6 cm³/mol. The van der Waals surface area contributed by atoms with E-state index in [1.165, 1.54) is 12.1 Å². The first-order chi connectivity index (χ1) is 11.1. The predicted octanol–water partition coefficient (Wildman–Crippen LogP) is 1.96. The van der Waals surface area contributed by atoms with E-state index in [0.717, 1.165) is 44.7 Å². The van der Waals surface area contributed by atoms with Crippen LogP contribution in [0.2, 0.25) is 0 Å². The summed E-state index contributed by atoms with van der Waals surface area (Å²) in [7, 11) is 0. The molecule has 2 aliphatic rings. The highest BCUT2D eigenvalue weighted by Gasteiger charge is 2.42. The molecule has 1 heterocycles. The lowest BCUT2D eigenvalue weighted by Gasteiger charge is -2.36. The lowest BCUT2D eigenvalue weighted by Crippen LogP contribution is -2.51. The van der Waals surface area contributed by atoms with Crippen LogP contribution in [0.5, 0.6) is 0 Å². The van der Waals surface area contributed by atoms with Crippen molar-refractivity contribution < 1.29 is 4.39 Å². The van der Waals surface area contributed by atoms with Crippen LogP contribution in [0.25, 0.3) is 0 Å². The molecule has 0 aromatic heterocycles. The van der Waals surface area contributed by atoms with Crippen molar-refractivity contribution in [3.8, 4) is 6.07 Å². The van der Waals surface area contributed by atoms with Crippen molar-refractivity contribution in [1.29, 1.82) is 5.26 Å². The molecule has 0 atom stereocenters. The van der Waals surface area contributed by atoms with Crippen molar-refractivity contribution in [2.75, 3.05) is 37.6 Å². The molecule has 2 fully saturated rings. The number of aliphatic imine (C=N–C) groups is 1. The highest BCUT2D eigenvalue weighted by molar-refractivity contribution is 5.78. The number of nitrogens with zero attached hydrogens (tertiary/aromatic N) is 4. The molecule has 0 unspecified atom stereocenters. The topological polar surface area (TPSA) is 68.6 Å². The Hall–Kier alpha value is -2.29. The summed E-state index contributed by atoms with van der Waals surface area (Å²) in [5.74, 6) is 0.364. The average molecular weight is 315 g/mol. The number of guanidine groups is 1. The molecule has 0 spiro atoms. The van der Waals surface area contributed by atoms with E-state index in [9.17, 15) is 4.39 Å². The van der Waals surface area contributed by atoms with Gasteiger partial charge in [-0.05, 0) is 37.1 Å². The van der Waals surface area contributed by atoms with Crippen molar-refractivity contribution in [2.24, 2.45) is 16.1 Å². The standard InChI is InChI=1S/C17H22FN5/c18-14-1-3-15(4-2-14)22-9-11-23(12-10-22)16(20)21-13-17(5-6-17)7-8-19/h1-4H,5-7,9-13H2,(H2,20,21). The number of anilines is 1. The van der Waals surface area contributed by atoms with Crippen LogP contribution in [0.1, 0.15) is 19.3 Å². The van der Waals surface area contributed by atoms with Crippen molar-refractivity contribution in [3.63, 3.8) is 0 Å². The summed E-state index contributed by atoms with van der Waals surface area (Å²) >= 11 is 0. The van der Waals surface area contributed by atoms with E-state index < -0.39 is 0 Å². The van der Waals surface area contributed by atoms with E-state index in [2.05, 4.69) is 20.9 Å². The molecular formula is C17H22FN5. The van der Waals surface area contributed by atoms with Gasteiger partial charge in [0.2, 0.25) is 0 Å². The molecule has 0 bridgehead atoms. The van der Waals surface area contributed by atoms with E-state index in [1.807, 2.05) is 0 Å². The maximum atomic E-state index is 13.0. The van der Waals surface area contributed by atoms with E-state index >= 15 is 0 Å². The molecule has 1 saturated carbocycles. The van der Waals surface area contributed by atoms with Crippen LogP contribution >= 0.6 is 0 Å². The minimum Gasteiger partial charge on any atom is -0.370 e. The fraction of sp³-hybridized carbons (Fsp3) is 0.529. The second-order valence-corrected chi connectivity index (χ2v) is 6.46. The normalized spacial score (nSPS) is 20.3. The first-order valence-corrected chi connectivity index (χ1v) is 8.04. The molecule has 1 saturated heterocycles.